The maximum absolute atomic E-state index is 11.7. The molecule has 0 atom stereocenters. The summed E-state index contributed by atoms with van der Waals surface area (Å²) >= 11 is 6.21. The molecular formula is C15H25ClN4O. The van der Waals surface area contributed by atoms with Gasteiger partial charge >= 0.3 is 0 Å². The van der Waals surface area contributed by atoms with Crippen molar-refractivity contribution in [3.8, 4) is 0 Å². The van der Waals surface area contributed by atoms with Crippen LogP contribution in [0.25, 0.3) is 0 Å². The number of likely N-dealkylation sites (N-methyl/N-ethyl adjacent to an activating group) is 2. The molecule has 5 nitrogen and oxygen atoms in total. The summed E-state index contributed by atoms with van der Waals surface area (Å²) < 4.78 is 0. The van der Waals surface area contributed by atoms with Gasteiger partial charge in [-0.25, -0.2) is 4.98 Å². The Bertz CT molecular complexity index is 453. The van der Waals surface area contributed by atoms with E-state index in [0.717, 1.165) is 31.0 Å². The maximum Gasteiger partial charge on any atom is 0.234 e. The van der Waals surface area contributed by atoms with Gasteiger partial charge in [-0.1, -0.05) is 25.4 Å². The van der Waals surface area contributed by atoms with Crippen molar-refractivity contribution in [2.45, 2.75) is 33.7 Å². The number of carbonyl (C=O) groups excluding carboxylic acids is 1. The largest absolute Gasteiger partial charge is 0.370 e. The second kappa shape index (κ2) is 9.58. The van der Waals surface area contributed by atoms with E-state index in [4.69, 9.17) is 11.6 Å². The lowest BCUT2D eigenvalue weighted by atomic mass is 10.3. The fourth-order valence-corrected chi connectivity index (χ4v) is 2.06. The second-order valence-corrected chi connectivity index (χ2v) is 5.22. The van der Waals surface area contributed by atoms with Gasteiger partial charge in [0.1, 0.15) is 5.82 Å². The number of hydrogen-bond donors (Lipinski definition) is 2. The maximum atomic E-state index is 11.7. The second-order valence-electron chi connectivity index (χ2n) is 4.81. The average Bonchev–Trinajstić information content (AvgIpc) is 2.47. The zero-order valence-corrected chi connectivity index (χ0v) is 13.8. The molecule has 6 heteroatoms. The van der Waals surface area contributed by atoms with Gasteiger partial charge in [0.2, 0.25) is 5.91 Å². The van der Waals surface area contributed by atoms with Crippen LogP contribution < -0.4 is 10.6 Å². The first-order chi connectivity index (χ1) is 10.1. The highest BCUT2D eigenvalue weighted by Gasteiger charge is 2.12. The molecule has 0 saturated carbocycles. The summed E-state index contributed by atoms with van der Waals surface area (Å²) in [7, 11) is 0. The molecule has 0 aliphatic heterocycles. The molecule has 2 N–H and O–H groups in total. The number of nitrogens with zero attached hydrogens (tertiary/aromatic N) is 2. The van der Waals surface area contributed by atoms with Gasteiger partial charge in [-0.3, -0.25) is 9.69 Å². The number of hydrogen-bond acceptors (Lipinski definition) is 4. The van der Waals surface area contributed by atoms with Crippen LogP contribution in [0, 0.1) is 0 Å². The zero-order valence-electron chi connectivity index (χ0n) is 13.1. The van der Waals surface area contributed by atoms with Crippen molar-refractivity contribution in [3.63, 3.8) is 0 Å². The van der Waals surface area contributed by atoms with Crippen molar-refractivity contribution in [2.75, 3.05) is 31.5 Å². The van der Waals surface area contributed by atoms with Gasteiger partial charge in [0, 0.05) is 19.6 Å². The van der Waals surface area contributed by atoms with Gasteiger partial charge < -0.3 is 10.6 Å². The van der Waals surface area contributed by atoms with E-state index in [-0.39, 0.29) is 5.91 Å². The molecule has 0 unspecified atom stereocenters. The molecule has 118 valence electrons. The summed E-state index contributed by atoms with van der Waals surface area (Å²) in [6.45, 7) is 9.25. The Kier molecular flexibility index (Phi) is 8.08. The Morgan fingerprint density at radius 1 is 1.33 bits per heavy atom. The predicted octanol–water partition coefficient (Wildman–Crippen LogP) is 2.51. The number of halogens is 1. The van der Waals surface area contributed by atoms with Crippen molar-refractivity contribution in [3.05, 3.63) is 22.8 Å². The Morgan fingerprint density at radius 3 is 2.71 bits per heavy atom. The number of anilines is 1. The van der Waals surface area contributed by atoms with E-state index in [1.165, 1.54) is 0 Å². The number of rotatable bonds is 9. The number of nitrogens with one attached hydrogen (secondary N) is 2. The van der Waals surface area contributed by atoms with Gasteiger partial charge in [0.05, 0.1) is 17.3 Å². The molecular weight excluding hydrogens is 288 g/mol. The molecule has 1 rings (SSSR count). The summed E-state index contributed by atoms with van der Waals surface area (Å²) in [5.74, 6) is 0.848. The molecule has 21 heavy (non-hydrogen) atoms. The summed E-state index contributed by atoms with van der Waals surface area (Å²) in [5.41, 5.74) is 0.795. The molecule has 0 spiro atoms. The molecule has 1 aromatic rings. The number of carbonyl (C=O) groups is 1. The van der Waals surface area contributed by atoms with Crippen LogP contribution >= 0.6 is 11.6 Å². The van der Waals surface area contributed by atoms with E-state index < -0.39 is 0 Å². The number of amides is 1. The van der Waals surface area contributed by atoms with Crippen molar-refractivity contribution >= 4 is 23.3 Å². The lowest BCUT2D eigenvalue weighted by Gasteiger charge is -2.20. The molecule has 1 heterocycles. The minimum absolute atomic E-state index is 0.0238. The molecule has 0 aliphatic rings. The third-order valence-corrected chi connectivity index (χ3v) is 3.38. The third kappa shape index (κ3) is 6.31. The van der Waals surface area contributed by atoms with Crippen LogP contribution in [0.5, 0.6) is 0 Å². The summed E-state index contributed by atoms with van der Waals surface area (Å²) in [5, 5.41) is 6.68. The van der Waals surface area contributed by atoms with Crippen molar-refractivity contribution in [2.24, 2.45) is 0 Å². The molecule has 0 aromatic carbocycles. The fraction of sp³-hybridized carbons (Fsp3) is 0.600. The highest BCUT2D eigenvalue weighted by Crippen LogP contribution is 2.18. The van der Waals surface area contributed by atoms with Crippen molar-refractivity contribution < 1.29 is 4.79 Å². The summed E-state index contributed by atoms with van der Waals surface area (Å²) in [4.78, 5) is 18.2. The van der Waals surface area contributed by atoms with Crippen LogP contribution in [0.4, 0.5) is 5.82 Å². The van der Waals surface area contributed by atoms with Crippen LogP contribution in [-0.2, 0) is 11.3 Å². The minimum Gasteiger partial charge on any atom is -0.370 e. The van der Waals surface area contributed by atoms with Gasteiger partial charge in [0.25, 0.3) is 0 Å². The van der Waals surface area contributed by atoms with Gasteiger partial charge in [-0.2, -0.15) is 0 Å². The molecule has 1 aromatic heterocycles. The van der Waals surface area contributed by atoms with Gasteiger partial charge in [0.15, 0.2) is 0 Å². The monoisotopic (exact) mass is 312 g/mol. The van der Waals surface area contributed by atoms with Crippen LogP contribution in [0.1, 0.15) is 32.9 Å². The Labute approximate surface area is 132 Å². The van der Waals surface area contributed by atoms with E-state index in [1.807, 2.05) is 30.9 Å². The zero-order chi connectivity index (χ0) is 15.7. The first-order valence-electron chi connectivity index (χ1n) is 7.49. The van der Waals surface area contributed by atoms with Gasteiger partial charge in [-0.05, 0) is 32.0 Å². The SMILES string of the molecule is CCCNc1ccc(Cl)c(CN(CC)CC(=O)NCC)n1. The van der Waals surface area contributed by atoms with Crippen LogP contribution in [0.15, 0.2) is 12.1 Å². The lowest BCUT2D eigenvalue weighted by molar-refractivity contribution is -0.122. The average molecular weight is 313 g/mol. The molecule has 1 amide bonds. The molecule has 0 bridgehead atoms. The Balaban J connectivity index is 2.71. The number of aromatic nitrogens is 1. The first-order valence-corrected chi connectivity index (χ1v) is 7.86. The van der Waals surface area contributed by atoms with E-state index in [0.29, 0.717) is 24.7 Å². The summed E-state index contributed by atoms with van der Waals surface area (Å²) in [6, 6.07) is 3.73. The van der Waals surface area contributed by atoms with Crippen LogP contribution in [0.2, 0.25) is 5.02 Å². The fourth-order valence-electron chi connectivity index (χ4n) is 1.89. The molecule has 0 aliphatic carbocycles. The lowest BCUT2D eigenvalue weighted by Crippen LogP contribution is -2.36. The summed E-state index contributed by atoms with van der Waals surface area (Å²) in [6.07, 6.45) is 1.04. The highest BCUT2D eigenvalue weighted by molar-refractivity contribution is 6.31. The Hall–Kier alpha value is -1.33. The first kappa shape index (κ1) is 17.7. The van der Waals surface area contributed by atoms with Crippen LogP contribution in [-0.4, -0.2) is 42.0 Å². The van der Waals surface area contributed by atoms with E-state index >= 15 is 0 Å². The highest BCUT2D eigenvalue weighted by atomic mass is 35.5. The third-order valence-electron chi connectivity index (χ3n) is 3.04. The van der Waals surface area contributed by atoms with E-state index in [1.54, 1.807) is 0 Å². The standard InChI is InChI=1S/C15H25ClN4O/c1-4-9-18-14-8-7-12(16)13(19-14)10-20(6-3)11-15(21)17-5-2/h7-8H,4-6,9-11H2,1-3H3,(H,17,21)(H,18,19). The van der Waals surface area contributed by atoms with E-state index in [2.05, 4.69) is 22.5 Å². The Morgan fingerprint density at radius 2 is 2.10 bits per heavy atom. The molecule has 0 radical (unpaired) electrons. The van der Waals surface area contributed by atoms with Crippen molar-refractivity contribution in [1.82, 2.24) is 15.2 Å². The normalized spacial score (nSPS) is 10.7. The van der Waals surface area contributed by atoms with Gasteiger partial charge in [-0.15, -0.1) is 0 Å². The van der Waals surface area contributed by atoms with Crippen LogP contribution in [0.3, 0.4) is 0 Å². The molecule has 0 saturated heterocycles. The topological polar surface area (TPSA) is 57.3 Å². The molecule has 0 fully saturated rings. The minimum atomic E-state index is 0.0238. The van der Waals surface area contributed by atoms with Crippen molar-refractivity contribution in [1.29, 1.82) is 0 Å². The predicted molar refractivity (Wildman–Crippen MR) is 87.7 cm³/mol. The quantitative estimate of drug-likeness (QED) is 0.735. The van der Waals surface area contributed by atoms with E-state index in [9.17, 15) is 4.79 Å². The number of pyridine rings is 1. The smallest absolute Gasteiger partial charge is 0.234 e.